The first kappa shape index (κ1) is 19.4. The van der Waals surface area contributed by atoms with Crippen molar-refractivity contribution in [2.45, 2.75) is 19.8 Å². The normalized spacial score (nSPS) is 10.3. The van der Waals surface area contributed by atoms with Gasteiger partial charge in [0.2, 0.25) is 5.91 Å². The molecule has 0 aliphatic carbocycles. The molecule has 0 fully saturated rings. The van der Waals surface area contributed by atoms with E-state index in [4.69, 9.17) is 0 Å². The van der Waals surface area contributed by atoms with E-state index in [0.717, 1.165) is 17.5 Å². The van der Waals surface area contributed by atoms with Crippen LogP contribution in [-0.4, -0.2) is 18.4 Å². The van der Waals surface area contributed by atoms with E-state index in [9.17, 15) is 9.59 Å². The lowest BCUT2D eigenvalue weighted by atomic mass is 10.1. The molecule has 0 bridgehead atoms. The van der Waals surface area contributed by atoms with Crippen molar-refractivity contribution in [1.82, 2.24) is 5.32 Å². The van der Waals surface area contributed by atoms with E-state index >= 15 is 0 Å². The topological polar surface area (TPSA) is 58.2 Å². The fourth-order valence-electron chi connectivity index (χ4n) is 3.03. The average molecular weight is 372 g/mol. The molecule has 28 heavy (non-hydrogen) atoms. The standard InChI is InChI=1S/C24H24N2O2/c1-18-9-5-6-12-20(18)17-23(27)26-22-14-8-7-13-21(22)24(28)25-16-15-19-10-3-2-4-11-19/h2-14H,15-17H2,1H3,(H,25,28)(H,26,27). The molecule has 4 heteroatoms. The molecule has 3 aromatic carbocycles. The highest BCUT2D eigenvalue weighted by Gasteiger charge is 2.13. The highest BCUT2D eigenvalue weighted by Crippen LogP contribution is 2.16. The summed E-state index contributed by atoms with van der Waals surface area (Å²) in [6.07, 6.45) is 1.03. The number of carbonyl (C=O) groups is 2. The number of para-hydroxylation sites is 1. The van der Waals surface area contributed by atoms with Crippen LogP contribution in [0.1, 0.15) is 27.0 Å². The summed E-state index contributed by atoms with van der Waals surface area (Å²) in [5, 5.41) is 5.81. The van der Waals surface area contributed by atoms with Crippen LogP contribution in [0.5, 0.6) is 0 Å². The fourth-order valence-corrected chi connectivity index (χ4v) is 3.03. The van der Waals surface area contributed by atoms with Gasteiger partial charge in [0.15, 0.2) is 0 Å². The van der Waals surface area contributed by atoms with Gasteiger partial charge in [0.1, 0.15) is 0 Å². The van der Waals surface area contributed by atoms with E-state index in [1.54, 1.807) is 18.2 Å². The fraction of sp³-hybridized carbons (Fsp3) is 0.167. The van der Waals surface area contributed by atoms with Crippen molar-refractivity contribution < 1.29 is 9.59 Å². The zero-order valence-electron chi connectivity index (χ0n) is 15.9. The number of nitrogens with one attached hydrogen (secondary N) is 2. The summed E-state index contributed by atoms with van der Waals surface area (Å²) in [5.41, 5.74) is 4.21. The van der Waals surface area contributed by atoms with Crippen LogP contribution in [0.2, 0.25) is 0 Å². The second-order valence-corrected chi connectivity index (χ2v) is 6.69. The lowest BCUT2D eigenvalue weighted by molar-refractivity contribution is -0.115. The summed E-state index contributed by atoms with van der Waals surface area (Å²) in [5.74, 6) is -0.332. The van der Waals surface area contributed by atoms with Crippen LogP contribution >= 0.6 is 0 Å². The third-order valence-corrected chi connectivity index (χ3v) is 4.60. The van der Waals surface area contributed by atoms with Gasteiger partial charge in [-0.05, 0) is 42.2 Å². The Morgan fingerprint density at radius 1 is 0.821 bits per heavy atom. The van der Waals surface area contributed by atoms with Gasteiger partial charge in [-0.25, -0.2) is 0 Å². The molecule has 0 heterocycles. The Labute approximate surface area is 165 Å². The van der Waals surface area contributed by atoms with Crippen LogP contribution in [0.3, 0.4) is 0 Å². The SMILES string of the molecule is Cc1ccccc1CC(=O)Nc1ccccc1C(=O)NCCc1ccccc1. The zero-order valence-corrected chi connectivity index (χ0v) is 15.9. The van der Waals surface area contributed by atoms with Crippen LogP contribution in [0.25, 0.3) is 0 Å². The molecule has 2 amide bonds. The molecule has 2 N–H and O–H groups in total. The summed E-state index contributed by atoms with van der Waals surface area (Å²) in [7, 11) is 0. The van der Waals surface area contributed by atoms with Crippen LogP contribution < -0.4 is 10.6 Å². The van der Waals surface area contributed by atoms with Gasteiger partial charge >= 0.3 is 0 Å². The number of hydrogen-bond donors (Lipinski definition) is 2. The molecule has 3 aromatic rings. The predicted molar refractivity (Wildman–Crippen MR) is 112 cm³/mol. The highest BCUT2D eigenvalue weighted by atomic mass is 16.2. The first-order valence-electron chi connectivity index (χ1n) is 9.39. The lowest BCUT2D eigenvalue weighted by Gasteiger charge is -2.12. The highest BCUT2D eigenvalue weighted by molar-refractivity contribution is 6.04. The van der Waals surface area contributed by atoms with E-state index < -0.39 is 0 Å². The molecule has 0 aliphatic heterocycles. The largest absolute Gasteiger partial charge is 0.352 e. The minimum Gasteiger partial charge on any atom is -0.352 e. The molecule has 0 saturated carbocycles. The maximum Gasteiger partial charge on any atom is 0.253 e. The summed E-state index contributed by atoms with van der Waals surface area (Å²) in [6, 6.07) is 24.9. The quantitative estimate of drug-likeness (QED) is 0.655. The number of benzene rings is 3. The number of anilines is 1. The Kier molecular flexibility index (Phi) is 6.58. The van der Waals surface area contributed by atoms with Crippen molar-refractivity contribution in [1.29, 1.82) is 0 Å². The summed E-state index contributed by atoms with van der Waals surface area (Å²) in [4.78, 5) is 25.1. The molecule has 0 spiro atoms. The molecular formula is C24H24N2O2. The molecule has 0 unspecified atom stereocenters. The van der Waals surface area contributed by atoms with Crippen molar-refractivity contribution in [3.8, 4) is 0 Å². The molecular weight excluding hydrogens is 348 g/mol. The minimum absolute atomic E-state index is 0.140. The first-order valence-corrected chi connectivity index (χ1v) is 9.39. The number of amides is 2. The second-order valence-electron chi connectivity index (χ2n) is 6.69. The van der Waals surface area contributed by atoms with E-state index in [-0.39, 0.29) is 18.2 Å². The minimum atomic E-state index is -0.192. The number of aryl methyl sites for hydroxylation is 1. The monoisotopic (exact) mass is 372 g/mol. The maximum absolute atomic E-state index is 12.6. The van der Waals surface area contributed by atoms with Gasteiger partial charge in [0.25, 0.3) is 5.91 Å². The molecule has 0 aliphatic rings. The van der Waals surface area contributed by atoms with Gasteiger partial charge in [0.05, 0.1) is 17.7 Å². The van der Waals surface area contributed by atoms with E-state index in [2.05, 4.69) is 10.6 Å². The van der Waals surface area contributed by atoms with Gasteiger partial charge in [-0.15, -0.1) is 0 Å². The van der Waals surface area contributed by atoms with Crippen LogP contribution in [-0.2, 0) is 17.6 Å². The van der Waals surface area contributed by atoms with E-state index in [0.29, 0.717) is 17.8 Å². The lowest BCUT2D eigenvalue weighted by Crippen LogP contribution is -2.27. The van der Waals surface area contributed by atoms with Crippen LogP contribution in [0, 0.1) is 6.92 Å². The summed E-state index contributed by atoms with van der Waals surface area (Å²) in [6.45, 7) is 2.52. The summed E-state index contributed by atoms with van der Waals surface area (Å²) >= 11 is 0. The first-order chi connectivity index (χ1) is 13.6. The van der Waals surface area contributed by atoms with Crippen LogP contribution in [0.4, 0.5) is 5.69 Å². The Balaban J connectivity index is 1.61. The third-order valence-electron chi connectivity index (χ3n) is 4.60. The van der Waals surface area contributed by atoms with Gasteiger partial charge in [0, 0.05) is 6.54 Å². The molecule has 0 radical (unpaired) electrons. The number of hydrogen-bond acceptors (Lipinski definition) is 2. The van der Waals surface area contributed by atoms with Gasteiger partial charge in [-0.2, -0.15) is 0 Å². The van der Waals surface area contributed by atoms with E-state index in [1.807, 2.05) is 67.6 Å². The van der Waals surface area contributed by atoms with Gasteiger partial charge < -0.3 is 10.6 Å². The summed E-state index contributed by atoms with van der Waals surface area (Å²) < 4.78 is 0. The second kappa shape index (κ2) is 9.51. The van der Waals surface area contributed by atoms with Crippen molar-refractivity contribution >= 4 is 17.5 Å². The van der Waals surface area contributed by atoms with Crippen molar-refractivity contribution in [2.75, 3.05) is 11.9 Å². The number of rotatable bonds is 7. The smallest absolute Gasteiger partial charge is 0.253 e. The Bertz CT molecular complexity index is 952. The molecule has 142 valence electrons. The van der Waals surface area contributed by atoms with Crippen molar-refractivity contribution in [2.24, 2.45) is 0 Å². The van der Waals surface area contributed by atoms with Crippen molar-refractivity contribution in [3.63, 3.8) is 0 Å². The van der Waals surface area contributed by atoms with Crippen molar-refractivity contribution in [3.05, 3.63) is 101 Å². The predicted octanol–water partition coefficient (Wildman–Crippen LogP) is 4.15. The van der Waals surface area contributed by atoms with Gasteiger partial charge in [-0.1, -0.05) is 66.7 Å². The third kappa shape index (κ3) is 5.30. The Morgan fingerprint density at radius 2 is 1.50 bits per heavy atom. The van der Waals surface area contributed by atoms with Gasteiger partial charge in [-0.3, -0.25) is 9.59 Å². The zero-order chi connectivity index (χ0) is 19.8. The number of carbonyl (C=O) groups excluding carboxylic acids is 2. The molecule has 4 nitrogen and oxygen atoms in total. The molecule has 0 saturated heterocycles. The maximum atomic E-state index is 12.6. The molecule has 0 atom stereocenters. The Hall–Kier alpha value is -3.40. The van der Waals surface area contributed by atoms with E-state index in [1.165, 1.54) is 5.56 Å². The molecule has 3 rings (SSSR count). The average Bonchev–Trinajstić information content (AvgIpc) is 2.71. The Morgan fingerprint density at radius 3 is 2.29 bits per heavy atom. The van der Waals surface area contributed by atoms with Crippen LogP contribution in [0.15, 0.2) is 78.9 Å². The molecule has 0 aromatic heterocycles.